The molecule has 0 aliphatic rings. The summed E-state index contributed by atoms with van der Waals surface area (Å²) in [6.07, 6.45) is 0. The molecule has 2 rings (SSSR count). The molecule has 5 heteroatoms. The summed E-state index contributed by atoms with van der Waals surface area (Å²) in [4.78, 5) is 0. The second-order valence-electron chi connectivity index (χ2n) is 4.34. The van der Waals surface area contributed by atoms with Crippen molar-refractivity contribution in [3.8, 4) is 11.5 Å². The maximum absolute atomic E-state index is 13.6. The molecule has 0 radical (unpaired) electrons. The molecule has 21 heavy (non-hydrogen) atoms. The van der Waals surface area contributed by atoms with Crippen molar-refractivity contribution in [1.82, 2.24) is 0 Å². The average Bonchev–Trinajstić information content (AvgIpc) is 2.48. The Morgan fingerprint density at radius 3 is 2.33 bits per heavy atom. The molecule has 0 saturated carbocycles. The van der Waals surface area contributed by atoms with E-state index in [1.165, 1.54) is 18.2 Å². The van der Waals surface area contributed by atoms with Gasteiger partial charge in [0.1, 0.15) is 18.2 Å². The predicted octanol–water partition coefficient (Wildman–Crippen LogP) is 4.68. The van der Waals surface area contributed by atoms with Gasteiger partial charge in [-0.1, -0.05) is 12.1 Å². The van der Waals surface area contributed by atoms with Crippen LogP contribution in [0.25, 0.3) is 0 Å². The lowest BCUT2D eigenvalue weighted by atomic mass is 10.2. The Morgan fingerprint density at radius 1 is 1.00 bits per heavy atom. The summed E-state index contributed by atoms with van der Waals surface area (Å²) in [6.45, 7) is 2.09. The SMILES string of the molecule is CCOc1cc(CCl)ccc1OCc1c(F)cccc1F. The number of hydrogen-bond donors (Lipinski definition) is 0. The van der Waals surface area contributed by atoms with Gasteiger partial charge in [0.05, 0.1) is 12.2 Å². The van der Waals surface area contributed by atoms with Crippen molar-refractivity contribution in [3.05, 3.63) is 59.2 Å². The van der Waals surface area contributed by atoms with Crippen molar-refractivity contribution in [3.63, 3.8) is 0 Å². The van der Waals surface area contributed by atoms with Crippen molar-refractivity contribution >= 4 is 11.6 Å². The second-order valence-corrected chi connectivity index (χ2v) is 4.60. The van der Waals surface area contributed by atoms with Crippen molar-refractivity contribution in [2.75, 3.05) is 6.61 Å². The third kappa shape index (κ3) is 3.85. The Kier molecular flexibility index (Phi) is 5.39. The van der Waals surface area contributed by atoms with E-state index in [4.69, 9.17) is 21.1 Å². The maximum atomic E-state index is 13.6. The van der Waals surface area contributed by atoms with Crippen LogP contribution >= 0.6 is 11.6 Å². The lowest BCUT2D eigenvalue weighted by Crippen LogP contribution is -2.04. The minimum atomic E-state index is -0.634. The Morgan fingerprint density at radius 2 is 1.71 bits per heavy atom. The quantitative estimate of drug-likeness (QED) is 0.721. The molecule has 112 valence electrons. The molecule has 0 aliphatic carbocycles. The highest BCUT2D eigenvalue weighted by Crippen LogP contribution is 2.30. The second kappa shape index (κ2) is 7.27. The summed E-state index contributed by atoms with van der Waals surface area (Å²) >= 11 is 5.77. The van der Waals surface area contributed by atoms with Crippen molar-refractivity contribution in [2.45, 2.75) is 19.4 Å². The molecule has 0 bridgehead atoms. The minimum Gasteiger partial charge on any atom is -0.490 e. The van der Waals surface area contributed by atoms with Crippen LogP contribution < -0.4 is 9.47 Å². The van der Waals surface area contributed by atoms with E-state index in [0.29, 0.717) is 24.0 Å². The highest BCUT2D eigenvalue weighted by molar-refractivity contribution is 6.17. The number of ether oxygens (including phenoxy) is 2. The molecular weight excluding hydrogens is 298 g/mol. The number of halogens is 3. The normalized spacial score (nSPS) is 10.5. The Balaban J connectivity index is 2.19. The Bertz CT molecular complexity index is 597. The van der Waals surface area contributed by atoms with Crippen molar-refractivity contribution < 1.29 is 18.3 Å². The van der Waals surface area contributed by atoms with Crippen LogP contribution in [0.5, 0.6) is 11.5 Å². The van der Waals surface area contributed by atoms with Crippen LogP contribution in [0.15, 0.2) is 36.4 Å². The van der Waals surface area contributed by atoms with E-state index in [2.05, 4.69) is 0 Å². The molecule has 0 amide bonds. The van der Waals surface area contributed by atoms with E-state index in [-0.39, 0.29) is 12.2 Å². The van der Waals surface area contributed by atoms with Gasteiger partial charge in [0.15, 0.2) is 11.5 Å². The molecule has 0 atom stereocenters. The third-order valence-electron chi connectivity index (χ3n) is 2.90. The Labute approximate surface area is 127 Å². The lowest BCUT2D eigenvalue weighted by Gasteiger charge is -2.13. The van der Waals surface area contributed by atoms with Crippen molar-refractivity contribution in [2.24, 2.45) is 0 Å². The summed E-state index contributed by atoms with van der Waals surface area (Å²) in [5.74, 6) is 0.0129. The van der Waals surface area contributed by atoms with Gasteiger partial charge >= 0.3 is 0 Å². The molecule has 2 aromatic rings. The molecule has 2 nitrogen and oxygen atoms in total. The first-order chi connectivity index (χ1) is 10.2. The topological polar surface area (TPSA) is 18.5 Å². The first-order valence-electron chi connectivity index (χ1n) is 6.53. The zero-order valence-corrected chi connectivity index (χ0v) is 12.3. The van der Waals surface area contributed by atoms with Crippen LogP contribution in [-0.4, -0.2) is 6.61 Å². The van der Waals surface area contributed by atoms with Crippen LogP contribution in [-0.2, 0) is 12.5 Å². The van der Waals surface area contributed by atoms with Gasteiger partial charge < -0.3 is 9.47 Å². The molecule has 0 heterocycles. The highest BCUT2D eigenvalue weighted by atomic mass is 35.5. The standard InChI is InChI=1S/C16H15ClF2O2/c1-2-20-16-8-11(9-17)6-7-15(16)21-10-12-13(18)4-3-5-14(12)19/h3-8H,2,9-10H2,1H3. The van der Waals surface area contributed by atoms with Crippen LogP contribution in [0, 0.1) is 11.6 Å². The predicted molar refractivity (Wildman–Crippen MR) is 77.9 cm³/mol. The monoisotopic (exact) mass is 312 g/mol. The van der Waals surface area contributed by atoms with Crippen LogP contribution in [0.4, 0.5) is 8.78 Å². The van der Waals surface area contributed by atoms with Crippen LogP contribution in [0.2, 0.25) is 0 Å². The maximum Gasteiger partial charge on any atom is 0.161 e. The molecular formula is C16H15ClF2O2. The largest absolute Gasteiger partial charge is 0.490 e. The van der Waals surface area contributed by atoms with Gasteiger partial charge in [-0.25, -0.2) is 8.78 Å². The fourth-order valence-corrected chi connectivity index (χ4v) is 2.01. The first kappa shape index (κ1) is 15.6. The van der Waals surface area contributed by atoms with Gasteiger partial charge in [-0.2, -0.15) is 0 Å². The molecule has 0 fully saturated rings. The van der Waals surface area contributed by atoms with Crippen LogP contribution in [0.3, 0.4) is 0 Å². The zero-order chi connectivity index (χ0) is 15.2. The molecule has 0 unspecified atom stereocenters. The summed E-state index contributed by atoms with van der Waals surface area (Å²) in [6, 6.07) is 8.92. The van der Waals surface area contributed by atoms with E-state index < -0.39 is 11.6 Å². The number of alkyl halides is 1. The minimum absolute atomic E-state index is 0.110. The number of rotatable bonds is 6. The van der Waals surface area contributed by atoms with Gasteiger partial charge in [-0.15, -0.1) is 11.6 Å². The first-order valence-corrected chi connectivity index (χ1v) is 7.06. The van der Waals surface area contributed by atoms with E-state index >= 15 is 0 Å². The zero-order valence-electron chi connectivity index (χ0n) is 11.5. The molecule has 0 aromatic heterocycles. The molecule has 2 aromatic carbocycles. The van der Waals surface area contributed by atoms with E-state index in [0.717, 1.165) is 5.56 Å². The van der Waals surface area contributed by atoms with Gasteiger partial charge in [-0.05, 0) is 36.8 Å². The van der Waals surface area contributed by atoms with Gasteiger partial charge in [-0.3, -0.25) is 0 Å². The van der Waals surface area contributed by atoms with Gasteiger partial charge in [0.25, 0.3) is 0 Å². The summed E-state index contributed by atoms with van der Waals surface area (Å²) in [5, 5.41) is 0. The molecule has 0 saturated heterocycles. The molecule has 0 spiro atoms. The fraction of sp³-hybridized carbons (Fsp3) is 0.250. The average molecular weight is 313 g/mol. The summed E-state index contributed by atoms with van der Waals surface area (Å²) in [5.41, 5.74) is 0.769. The van der Waals surface area contributed by atoms with E-state index in [1.807, 2.05) is 6.92 Å². The molecule has 0 aliphatic heterocycles. The lowest BCUT2D eigenvalue weighted by molar-refractivity contribution is 0.261. The smallest absolute Gasteiger partial charge is 0.161 e. The fourth-order valence-electron chi connectivity index (χ4n) is 1.84. The summed E-state index contributed by atoms with van der Waals surface area (Å²) in [7, 11) is 0. The highest BCUT2D eigenvalue weighted by Gasteiger charge is 2.11. The third-order valence-corrected chi connectivity index (χ3v) is 3.20. The number of hydrogen-bond acceptors (Lipinski definition) is 2. The summed E-state index contributed by atoms with van der Waals surface area (Å²) < 4.78 is 38.0. The van der Waals surface area contributed by atoms with Gasteiger partial charge in [0, 0.05) is 5.88 Å². The van der Waals surface area contributed by atoms with Gasteiger partial charge in [0.2, 0.25) is 0 Å². The van der Waals surface area contributed by atoms with E-state index in [1.54, 1.807) is 18.2 Å². The molecule has 0 N–H and O–H groups in total. The Hall–Kier alpha value is -1.81. The van der Waals surface area contributed by atoms with E-state index in [9.17, 15) is 8.78 Å². The van der Waals surface area contributed by atoms with Crippen molar-refractivity contribution in [1.29, 1.82) is 0 Å². The number of benzene rings is 2. The van der Waals surface area contributed by atoms with Crippen LogP contribution in [0.1, 0.15) is 18.1 Å².